The number of benzene rings is 1. The van der Waals surface area contributed by atoms with Gasteiger partial charge >= 0.3 is 6.16 Å². The molecule has 0 aliphatic carbocycles. The topological polar surface area (TPSA) is 72.9 Å². The van der Waals surface area contributed by atoms with Crippen LogP contribution in [0.5, 0.6) is 0 Å². The second kappa shape index (κ2) is 6.29. The summed E-state index contributed by atoms with van der Waals surface area (Å²) in [5, 5.41) is 0.363. The van der Waals surface area contributed by atoms with Gasteiger partial charge in [-0.15, -0.1) is 0 Å². The number of carbonyl (C=O) groups is 3. The summed E-state index contributed by atoms with van der Waals surface area (Å²) in [6.45, 7) is -0.224. The minimum Gasteiger partial charge on any atom is -0.428 e. The van der Waals surface area contributed by atoms with Crippen molar-refractivity contribution >= 4 is 18.0 Å². The number of rotatable bonds is 4. The van der Waals surface area contributed by atoms with Gasteiger partial charge in [0.15, 0.2) is 0 Å². The van der Waals surface area contributed by atoms with Crippen molar-refractivity contribution < 1.29 is 32.7 Å². The van der Waals surface area contributed by atoms with Crippen LogP contribution in [0.3, 0.4) is 0 Å². The first kappa shape index (κ1) is 14.9. The number of imide groups is 1. The van der Waals surface area contributed by atoms with Crippen LogP contribution < -0.4 is 0 Å². The lowest BCUT2D eigenvalue weighted by molar-refractivity contribution is -0.177. The molecule has 0 radical (unpaired) electrons. The summed E-state index contributed by atoms with van der Waals surface area (Å²) in [4.78, 5) is 38.2. The van der Waals surface area contributed by atoms with Crippen molar-refractivity contribution in [3.63, 3.8) is 0 Å². The number of ether oxygens (including phenoxy) is 1. The molecule has 0 spiro atoms. The number of halogens is 2. The summed E-state index contributed by atoms with van der Waals surface area (Å²) in [6, 6.07) is 5.17. The zero-order chi connectivity index (χ0) is 15.4. The predicted octanol–water partition coefficient (Wildman–Crippen LogP) is 2.34. The molecule has 2 rings (SSSR count). The number of hydroxylamine groups is 2. The van der Waals surface area contributed by atoms with Gasteiger partial charge < -0.3 is 4.74 Å². The first-order valence-corrected chi connectivity index (χ1v) is 6.05. The fourth-order valence-corrected chi connectivity index (χ4v) is 1.66. The van der Waals surface area contributed by atoms with Gasteiger partial charge in [-0.3, -0.25) is 14.4 Å². The van der Waals surface area contributed by atoms with Crippen LogP contribution >= 0.6 is 0 Å². The third kappa shape index (κ3) is 3.74. The lowest BCUT2D eigenvalue weighted by atomic mass is 10.1. The molecule has 0 bridgehead atoms. The molecule has 1 aliphatic heterocycles. The minimum absolute atomic E-state index is 0.0127. The van der Waals surface area contributed by atoms with Crippen LogP contribution in [-0.4, -0.2) is 23.0 Å². The molecule has 112 valence electrons. The van der Waals surface area contributed by atoms with Gasteiger partial charge in [0, 0.05) is 18.4 Å². The number of carbonyl (C=O) groups excluding carboxylic acids is 3. The van der Waals surface area contributed by atoms with Crippen molar-refractivity contribution in [1.82, 2.24) is 5.06 Å². The van der Waals surface area contributed by atoms with Crippen molar-refractivity contribution in [2.75, 3.05) is 0 Å². The first-order valence-electron chi connectivity index (χ1n) is 6.05. The molecule has 6 nitrogen and oxygen atoms in total. The Labute approximate surface area is 118 Å². The molecule has 21 heavy (non-hydrogen) atoms. The van der Waals surface area contributed by atoms with Gasteiger partial charge in [-0.1, -0.05) is 29.3 Å². The molecule has 0 saturated carbocycles. The van der Waals surface area contributed by atoms with Gasteiger partial charge in [-0.05, 0) is 5.56 Å². The smallest absolute Gasteiger partial charge is 0.428 e. The van der Waals surface area contributed by atoms with E-state index in [1.165, 1.54) is 24.3 Å². The Balaban J connectivity index is 1.83. The Bertz CT molecular complexity index is 542. The number of hydrogen-bond acceptors (Lipinski definition) is 5. The molecule has 1 aliphatic rings. The van der Waals surface area contributed by atoms with Crippen LogP contribution in [0, 0.1) is 0 Å². The lowest BCUT2D eigenvalue weighted by Gasteiger charge is -2.12. The summed E-state index contributed by atoms with van der Waals surface area (Å²) < 4.78 is 29.4. The summed E-state index contributed by atoms with van der Waals surface area (Å²) in [5.74, 6) is -1.23. The molecule has 1 fully saturated rings. The quantitative estimate of drug-likeness (QED) is 0.630. The molecule has 0 aromatic heterocycles. The van der Waals surface area contributed by atoms with Crippen LogP contribution in [0.4, 0.5) is 13.6 Å². The van der Waals surface area contributed by atoms with Crippen LogP contribution in [0.1, 0.15) is 30.4 Å². The Morgan fingerprint density at radius 3 is 2.24 bits per heavy atom. The average molecular weight is 299 g/mol. The molecule has 1 aromatic rings. The van der Waals surface area contributed by atoms with Gasteiger partial charge in [0.05, 0.1) is 0 Å². The summed E-state index contributed by atoms with van der Waals surface area (Å²) >= 11 is 0. The molecule has 0 unspecified atom stereocenters. The molecular formula is C13H11F2NO5. The third-order valence-electron chi connectivity index (χ3n) is 2.76. The maximum Gasteiger partial charge on any atom is 0.534 e. The number of amides is 2. The van der Waals surface area contributed by atoms with Crippen molar-refractivity contribution in [3.05, 3.63) is 35.4 Å². The highest BCUT2D eigenvalue weighted by Gasteiger charge is 2.33. The van der Waals surface area contributed by atoms with Crippen molar-refractivity contribution in [2.24, 2.45) is 0 Å². The van der Waals surface area contributed by atoms with Crippen LogP contribution in [0.25, 0.3) is 0 Å². The molecule has 0 atom stereocenters. The van der Waals surface area contributed by atoms with E-state index in [9.17, 15) is 23.2 Å². The monoisotopic (exact) mass is 299 g/mol. The van der Waals surface area contributed by atoms with Gasteiger partial charge in [0.25, 0.3) is 18.2 Å². The number of nitrogens with zero attached hydrogens (tertiary/aromatic N) is 1. The normalized spacial score (nSPS) is 14.7. The first-order chi connectivity index (χ1) is 9.97. The maximum absolute atomic E-state index is 12.3. The van der Waals surface area contributed by atoms with Crippen LogP contribution in [0.15, 0.2) is 24.3 Å². The van der Waals surface area contributed by atoms with E-state index in [-0.39, 0.29) is 25.0 Å². The fourth-order valence-electron chi connectivity index (χ4n) is 1.66. The van der Waals surface area contributed by atoms with E-state index in [1.807, 2.05) is 0 Å². The number of alkyl halides is 2. The van der Waals surface area contributed by atoms with Crippen LogP contribution in [-0.2, 0) is 25.8 Å². The van der Waals surface area contributed by atoms with Crippen molar-refractivity contribution in [2.45, 2.75) is 25.9 Å². The SMILES string of the molecule is O=C(OCc1ccc(C(F)F)cc1)ON1C(=O)CCC1=O. The molecule has 0 N–H and O–H groups in total. The van der Waals surface area contributed by atoms with E-state index in [0.29, 0.717) is 10.6 Å². The molecular weight excluding hydrogens is 288 g/mol. The van der Waals surface area contributed by atoms with Gasteiger partial charge in [-0.2, -0.15) is 0 Å². The summed E-state index contributed by atoms with van der Waals surface area (Å²) in [6.07, 6.45) is -3.81. The molecule has 1 heterocycles. The summed E-state index contributed by atoms with van der Waals surface area (Å²) in [5.41, 5.74) is 0.324. The second-order valence-electron chi connectivity index (χ2n) is 4.25. The minimum atomic E-state index is -2.57. The van der Waals surface area contributed by atoms with E-state index in [4.69, 9.17) is 4.74 Å². The van der Waals surface area contributed by atoms with Crippen molar-refractivity contribution in [1.29, 1.82) is 0 Å². The zero-order valence-electron chi connectivity index (χ0n) is 10.8. The molecule has 2 amide bonds. The Morgan fingerprint density at radius 2 is 1.71 bits per heavy atom. The molecule has 8 heteroatoms. The largest absolute Gasteiger partial charge is 0.534 e. The van der Waals surface area contributed by atoms with Crippen LogP contribution in [0.2, 0.25) is 0 Å². The lowest BCUT2D eigenvalue weighted by Crippen LogP contribution is -2.32. The highest BCUT2D eigenvalue weighted by Crippen LogP contribution is 2.19. The number of hydrogen-bond donors (Lipinski definition) is 0. The average Bonchev–Trinajstić information content (AvgIpc) is 2.77. The third-order valence-corrected chi connectivity index (χ3v) is 2.76. The van der Waals surface area contributed by atoms with E-state index < -0.39 is 24.4 Å². The van der Waals surface area contributed by atoms with Crippen molar-refractivity contribution in [3.8, 4) is 0 Å². The maximum atomic E-state index is 12.3. The fraction of sp³-hybridized carbons (Fsp3) is 0.308. The highest BCUT2D eigenvalue weighted by molar-refractivity contribution is 6.01. The predicted molar refractivity (Wildman–Crippen MR) is 63.8 cm³/mol. The second-order valence-corrected chi connectivity index (χ2v) is 4.25. The molecule has 1 saturated heterocycles. The summed E-state index contributed by atoms with van der Waals surface area (Å²) in [7, 11) is 0. The van der Waals surface area contributed by atoms with E-state index in [1.54, 1.807) is 0 Å². The van der Waals surface area contributed by atoms with E-state index in [0.717, 1.165) is 0 Å². The van der Waals surface area contributed by atoms with E-state index >= 15 is 0 Å². The molecule has 1 aromatic carbocycles. The van der Waals surface area contributed by atoms with E-state index in [2.05, 4.69) is 4.84 Å². The Hall–Kier alpha value is -2.51. The van der Waals surface area contributed by atoms with Gasteiger partial charge in [-0.25, -0.2) is 13.6 Å². The van der Waals surface area contributed by atoms with Gasteiger partial charge in [0.1, 0.15) is 6.61 Å². The Morgan fingerprint density at radius 1 is 1.14 bits per heavy atom. The highest BCUT2D eigenvalue weighted by atomic mass is 19.3. The zero-order valence-corrected chi connectivity index (χ0v) is 10.8. The Kier molecular flexibility index (Phi) is 4.46. The standard InChI is InChI=1S/C13H11F2NO5/c14-12(15)9-3-1-8(2-4-9)7-20-13(19)21-16-10(17)5-6-11(16)18/h1-4,12H,5-7H2. The van der Waals surface area contributed by atoms with Gasteiger partial charge in [0.2, 0.25) is 0 Å².